The van der Waals surface area contributed by atoms with Gasteiger partial charge in [-0.15, -0.1) is 13.2 Å². The number of ether oxygens (including phenoxy) is 1. The van der Waals surface area contributed by atoms with E-state index in [4.69, 9.17) is 0 Å². The average Bonchev–Trinajstić information content (AvgIpc) is 2.61. The molecule has 3 amide bonds. The predicted molar refractivity (Wildman–Crippen MR) is 93.4 cm³/mol. The summed E-state index contributed by atoms with van der Waals surface area (Å²) in [5, 5.41) is 2.68. The van der Waals surface area contributed by atoms with Crippen LogP contribution in [0.3, 0.4) is 0 Å². The lowest BCUT2D eigenvalue weighted by Crippen LogP contribution is -2.55. The van der Waals surface area contributed by atoms with Gasteiger partial charge in [-0.3, -0.25) is 9.69 Å². The van der Waals surface area contributed by atoms with Gasteiger partial charge in [0.25, 0.3) is 0 Å². The summed E-state index contributed by atoms with van der Waals surface area (Å²) in [4.78, 5) is 29.5. The number of alkyl halides is 3. The average molecular weight is 388 g/mol. The zero-order chi connectivity index (χ0) is 20.2. The van der Waals surface area contributed by atoms with Crippen molar-refractivity contribution in [3.63, 3.8) is 0 Å². The van der Waals surface area contributed by atoms with Gasteiger partial charge >= 0.3 is 12.4 Å². The molecule has 10 heteroatoms. The fraction of sp³-hybridized carbons (Fsp3) is 0.529. The second-order valence-corrected chi connectivity index (χ2v) is 6.44. The number of nitrogens with zero attached hydrogens (tertiary/aromatic N) is 3. The van der Waals surface area contributed by atoms with Crippen molar-refractivity contribution in [2.45, 2.75) is 19.3 Å². The number of benzene rings is 1. The molecule has 2 rings (SSSR count). The summed E-state index contributed by atoms with van der Waals surface area (Å²) in [7, 11) is 3.38. The zero-order valence-corrected chi connectivity index (χ0v) is 15.4. The Morgan fingerprint density at radius 1 is 1.11 bits per heavy atom. The smallest absolute Gasteiger partial charge is 0.406 e. The lowest BCUT2D eigenvalue weighted by molar-refractivity contribution is -0.274. The molecule has 0 aliphatic carbocycles. The summed E-state index contributed by atoms with van der Waals surface area (Å²) >= 11 is 0. The van der Waals surface area contributed by atoms with Crippen LogP contribution in [-0.2, 0) is 4.79 Å². The topological polar surface area (TPSA) is 65.1 Å². The van der Waals surface area contributed by atoms with Crippen molar-refractivity contribution >= 4 is 17.6 Å². The molecule has 0 bridgehead atoms. The van der Waals surface area contributed by atoms with E-state index in [0.717, 1.165) is 12.1 Å². The number of urea groups is 1. The highest BCUT2D eigenvalue weighted by Crippen LogP contribution is 2.24. The molecule has 1 aliphatic rings. The first kappa shape index (κ1) is 20.8. The maximum Gasteiger partial charge on any atom is 0.573 e. The van der Waals surface area contributed by atoms with Crippen molar-refractivity contribution in [2.24, 2.45) is 0 Å². The highest BCUT2D eigenvalue weighted by molar-refractivity contribution is 5.94. The third-order valence-corrected chi connectivity index (χ3v) is 4.25. The molecule has 1 atom stereocenters. The van der Waals surface area contributed by atoms with Gasteiger partial charge in [-0.2, -0.15) is 0 Å². The molecule has 1 aromatic carbocycles. The number of halogens is 3. The summed E-state index contributed by atoms with van der Waals surface area (Å²) < 4.78 is 40.3. The fourth-order valence-corrected chi connectivity index (χ4v) is 2.74. The van der Waals surface area contributed by atoms with Crippen LogP contribution in [0.4, 0.5) is 23.7 Å². The Hall–Kier alpha value is -2.49. The van der Waals surface area contributed by atoms with Crippen molar-refractivity contribution in [1.29, 1.82) is 0 Å². The van der Waals surface area contributed by atoms with Crippen LogP contribution < -0.4 is 10.1 Å². The molecule has 0 aromatic heterocycles. The molecule has 27 heavy (non-hydrogen) atoms. The highest BCUT2D eigenvalue weighted by atomic mass is 19.4. The Morgan fingerprint density at radius 3 is 2.15 bits per heavy atom. The highest BCUT2D eigenvalue weighted by Gasteiger charge is 2.31. The molecule has 0 spiro atoms. The number of carbonyl (C=O) groups excluding carboxylic acids is 2. The molecule has 1 heterocycles. The molecular weight excluding hydrogens is 365 g/mol. The summed E-state index contributed by atoms with van der Waals surface area (Å²) in [6, 6.07) is 4.47. The van der Waals surface area contributed by atoms with Crippen molar-refractivity contribution in [1.82, 2.24) is 14.7 Å². The van der Waals surface area contributed by atoms with E-state index >= 15 is 0 Å². The summed E-state index contributed by atoms with van der Waals surface area (Å²) in [5.41, 5.74) is 0.378. The van der Waals surface area contributed by atoms with Crippen LogP contribution in [0.25, 0.3) is 0 Å². The minimum Gasteiger partial charge on any atom is -0.406 e. The summed E-state index contributed by atoms with van der Waals surface area (Å²) in [6.07, 6.45) is -4.75. The van der Waals surface area contributed by atoms with E-state index in [1.807, 2.05) is 4.90 Å². The van der Waals surface area contributed by atoms with E-state index in [1.54, 1.807) is 25.9 Å². The SMILES string of the molecule is CC(C(=O)Nc1ccc(OC(F)(F)F)cc1)N1CCN(C(=O)N(C)C)CC1. The number of anilines is 1. The molecule has 0 radical (unpaired) electrons. The van der Waals surface area contributed by atoms with E-state index in [0.29, 0.717) is 31.9 Å². The second kappa shape index (κ2) is 8.47. The first-order chi connectivity index (χ1) is 12.6. The zero-order valence-electron chi connectivity index (χ0n) is 15.4. The summed E-state index contributed by atoms with van der Waals surface area (Å²) in [5.74, 6) is -0.623. The van der Waals surface area contributed by atoms with Gasteiger partial charge in [0.1, 0.15) is 5.75 Å². The second-order valence-electron chi connectivity index (χ2n) is 6.44. The van der Waals surface area contributed by atoms with E-state index in [9.17, 15) is 22.8 Å². The van der Waals surface area contributed by atoms with Crippen LogP contribution in [0.2, 0.25) is 0 Å². The van der Waals surface area contributed by atoms with Crippen molar-refractivity contribution in [2.75, 3.05) is 45.6 Å². The molecule has 1 N–H and O–H groups in total. The summed E-state index contributed by atoms with van der Waals surface area (Å²) in [6.45, 7) is 3.93. The Kier molecular flexibility index (Phi) is 6.53. The third kappa shape index (κ3) is 6.02. The number of piperazine rings is 1. The van der Waals surface area contributed by atoms with Gasteiger partial charge in [0, 0.05) is 46.0 Å². The monoisotopic (exact) mass is 388 g/mol. The Bertz CT molecular complexity index is 656. The predicted octanol–water partition coefficient (Wildman–Crippen LogP) is 2.21. The van der Waals surface area contributed by atoms with Gasteiger partial charge in [0.05, 0.1) is 6.04 Å². The van der Waals surface area contributed by atoms with Crippen molar-refractivity contribution in [3.05, 3.63) is 24.3 Å². The van der Waals surface area contributed by atoms with Gasteiger partial charge in [0.2, 0.25) is 5.91 Å². The molecule has 1 saturated heterocycles. The van der Waals surface area contributed by atoms with Crippen molar-refractivity contribution in [3.8, 4) is 5.75 Å². The Balaban J connectivity index is 1.86. The largest absolute Gasteiger partial charge is 0.573 e. The van der Waals surface area contributed by atoms with E-state index in [1.165, 1.54) is 17.0 Å². The van der Waals surface area contributed by atoms with Crippen molar-refractivity contribution < 1.29 is 27.5 Å². The maximum atomic E-state index is 12.4. The van der Waals surface area contributed by atoms with Gasteiger partial charge in [0.15, 0.2) is 0 Å². The van der Waals surface area contributed by atoms with Crippen LogP contribution >= 0.6 is 0 Å². The molecular formula is C17H23F3N4O3. The Labute approximate surface area is 155 Å². The van der Waals surface area contributed by atoms with E-state index in [-0.39, 0.29) is 17.7 Å². The van der Waals surface area contributed by atoms with Crippen LogP contribution in [0.15, 0.2) is 24.3 Å². The minimum absolute atomic E-state index is 0.0621. The van der Waals surface area contributed by atoms with E-state index in [2.05, 4.69) is 10.1 Å². The third-order valence-electron chi connectivity index (χ3n) is 4.25. The molecule has 1 aliphatic heterocycles. The Morgan fingerprint density at radius 2 is 1.67 bits per heavy atom. The molecule has 1 fully saturated rings. The first-order valence-corrected chi connectivity index (χ1v) is 8.44. The van der Waals surface area contributed by atoms with Gasteiger partial charge < -0.3 is 19.9 Å². The lowest BCUT2D eigenvalue weighted by Gasteiger charge is -2.38. The number of carbonyl (C=O) groups is 2. The molecule has 150 valence electrons. The lowest BCUT2D eigenvalue weighted by atomic mass is 10.2. The van der Waals surface area contributed by atoms with Crippen LogP contribution in [0.5, 0.6) is 5.75 Å². The van der Waals surface area contributed by atoms with Gasteiger partial charge in [-0.05, 0) is 31.2 Å². The van der Waals surface area contributed by atoms with Crippen LogP contribution in [0.1, 0.15) is 6.92 Å². The quantitative estimate of drug-likeness (QED) is 0.859. The molecule has 0 saturated carbocycles. The van der Waals surface area contributed by atoms with Crippen LogP contribution in [-0.4, -0.2) is 79.3 Å². The van der Waals surface area contributed by atoms with Gasteiger partial charge in [-0.25, -0.2) is 4.79 Å². The number of hydrogen-bond donors (Lipinski definition) is 1. The number of nitrogens with one attached hydrogen (secondary N) is 1. The van der Waals surface area contributed by atoms with Gasteiger partial charge in [-0.1, -0.05) is 0 Å². The normalized spacial score (nSPS) is 16.6. The maximum absolute atomic E-state index is 12.4. The first-order valence-electron chi connectivity index (χ1n) is 8.44. The molecule has 1 aromatic rings. The number of rotatable bonds is 4. The molecule has 1 unspecified atom stereocenters. The number of hydrogen-bond acceptors (Lipinski definition) is 4. The minimum atomic E-state index is -4.75. The standard InChI is InChI=1S/C17H23F3N4O3/c1-12(23-8-10-24(11-9-23)16(26)22(2)3)15(25)21-13-4-6-14(7-5-13)27-17(18,19)20/h4-7,12H,8-11H2,1-3H3,(H,21,25). The van der Waals surface area contributed by atoms with E-state index < -0.39 is 12.4 Å². The van der Waals surface area contributed by atoms with Crippen LogP contribution in [0, 0.1) is 0 Å². The molecule has 7 nitrogen and oxygen atoms in total. The number of amides is 3. The fourth-order valence-electron chi connectivity index (χ4n) is 2.74.